The topological polar surface area (TPSA) is 47.6 Å². The molecule has 4 heteroatoms. The van der Waals surface area contributed by atoms with Crippen LogP contribution in [0.1, 0.15) is 12.0 Å². The fourth-order valence-corrected chi connectivity index (χ4v) is 2.01. The van der Waals surface area contributed by atoms with Gasteiger partial charge in [-0.05, 0) is 35.9 Å². The molecule has 1 amide bonds. The van der Waals surface area contributed by atoms with Crippen molar-refractivity contribution in [2.24, 2.45) is 0 Å². The van der Waals surface area contributed by atoms with Gasteiger partial charge in [0.2, 0.25) is 5.91 Å². The highest BCUT2D eigenvalue weighted by molar-refractivity contribution is 6.01. The van der Waals surface area contributed by atoms with Crippen molar-refractivity contribution < 1.29 is 14.3 Å². The second kappa shape index (κ2) is 9.06. The monoisotopic (exact) mass is 321 g/mol. The minimum absolute atomic E-state index is 0.202. The number of hydrogen-bond acceptors (Lipinski definition) is 3. The first kappa shape index (κ1) is 17.2. The molecule has 2 aromatic carbocycles. The fourth-order valence-electron chi connectivity index (χ4n) is 2.01. The predicted octanol–water partition coefficient (Wildman–Crippen LogP) is 3.75. The van der Waals surface area contributed by atoms with Crippen molar-refractivity contribution in [3.63, 3.8) is 0 Å². The van der Waals surface area contributed by atoms with Crippen molar-refractivity contribution in [2.45, 2.75) is 6.42 Å². The van der Waals surface area contributed by atoms with Crippen LogP contribution in [-0.2, 0) is 4.79 Å². The molecule has 0 spiro atoms. The molecule has 4 nitrogen and oxygen atoms in total. The molecule has 0 fully saturated rings. The number of para-hydroxylation sites is 1. The van der Waals surface area contributed by atoms with Gasteiger partial charge >= 0.3 is 0 Å². The van der Waals surface area contributed by atoms with Crippen LogP contribution in [0.15, 0.2) is 54.6 Å². The number of terminal acetylenes is 1. The third-order valence-electron chi connectivity index (χ3n) is 3.16. The number of amides is 1. The summed E-state index contributed by atoms with van der Waals surface area (Å²) in [4.78, 5) is 11.9. The van der Waals surface area contributed by atoms with E-state index in [9.17, 15) is 4.79 Å². The molecular weight excluding hydrogens is 302 g/mol. The SMILES string of the molecule is C#CCCOc1cc(/C=C/C(=O)Nc2ccccc2)ccc1OC. The molecule has 0 aliphatic heterocycles. The molecule has 0 atom stereocenters. The van der Waals surface area contributed by atoms with Crippen LogP contribution < -0.4 is 14.8 Å². The van der Waals surface area contributed by atoms with E-state index in [1.54, 1.807) is 19.3 Å². The van der Waals surface area contributed by atoms with E-state index in [0.717, 1.165) is 11.3 Å². The summed E-state index contributed by atoms with van der Waals surface area (Å²) >= 11 is 0. The van der Waals surface area contributed by atoms with E-state index in [0.29, 0.717) is 24.5 Å². The van der Waals surface area contributed by atoms with Crippen LogP contribution in [0.25, 0.3) is 6.08 Å². The lowest BCUT2D eigenvalue weighted by molar-refractivity contribution is -0.111. The number of rotatable bonds is 7. The molecule has 0 saturated carbocycles. The number of methoxy groups -OCH3 is 1. The van der Waals surface area contributed by atoms with Crippen molar-refractivity contribution in [1.29, 1.82) is 0 Å². The van der Waals surface area contributed by atoms with Gasteiger partial charge in [0, 0.05) is 18.2 Å². The maximum Gasteiger partial charge on any atom is 0.248 e. The van der Waals surface area contributed by atoms with Crippen LogP contribution in [0, 0.1) is 12.3 Å². The van der Waals surface area contributed by atoms with Crippen molar-refractivity contribution >= 4 is 17.7 Å². The van der Waals surface area contributed by atoms with Crippen LogP contribution in [-0.4, -0.2) is 19.6 Å². The minimum Gasteiger partial charge on any atom is -0.493 e. The second-order valence-electron chi connectivity index (χ2n) is 4.90. The number of hydrogen-bond donors (Lipinski definition) is 1. The molecule has 0 heterocycles. The smallest absolute Gasteiger partial charge is 0.248 e. The number of benzene rings is 2. The molecule has 2 aromatic rings. The first-order valence-electron chi connectivity index (χ1n) is 7.51. The van der Waals surface area contributed by atoms with Crippen LogP contribution >= 0.6 is 0 Å². The van der Waals surface area contributed by atoms with Crippen molar-refractivity contribution in [3.8, 4) is 23.8 Å². The van der Waals surface area contributed by atoms with Crippen molar-refractivity contribution in [3.05, 3.63) is 60.2 Å². The zero-order valence-corrected chi connectivity index (χ0v) is 13.5. The van der Waals surface area contributed by atoms with Crippen LogP contribution in [0.2, 0.25) is 0 Å². The van der Waals surface area contributed by atoms with E-state index in [1.807, 2.05) is 42.5 Å². The molecule has 1 N–H and O–H groups in total. The number of carbonyl (C=O) groups excluding carboxylic acids is 1. The average molecular weight is 321 g/mol. The van der Waals surface area contributed by atoms with E-state index >= 15 is 0 Å². The maximum absolute atomic E-state index is 11.9. The summed E-state index contributed by atoms with van der Waals surface area (Å²) in [5, 5.41) is 2.79. The highest BCUT2D eigenvalue weighted by atomic mass is 16.5. The molecule has 0 unspecified atom stereocenters. The molecule has 24 heavy (non-hydrogen) atoms. The van der Waals surface area contributed by atoms with Crippen LogP contribution in [0.5, 0.6) is 11.5 Å². The standard InChI is InChI=1S/C20H19NO3/c1-3-4-14-24-19-15-16(10-12-18(19)23-2)11-13-20(22)21-17-8-6-5-7-9-17/h1,5-13,15H,4,14H2,2H3,(H,21,22)/b13-11+. The van der Waals surface area contributed by atoms with Gasteiger partial charge in [-0.1, -0.05) is 24.3 Å². The Morgan fingerprint density at radius 2 is 2.00 bits per heavy atom. The van der Waals surface area contributed by atoms with Gasteiger partial charge in [-0.25, -0.2) is 0 Å². The summed E-state index contributed by atoms with van der Waals surface area (Å²) in [6.45, 7) is 0.411. The fraction of sp³-hybridized carbons (Fsp3) is 0.150. The molecule has 0 radical (unpaired) electrons. The number of nitrogens with one attached hydrogen (secondary N) is 1. The molecule has 0 aromatic heterocycles. The third-order valence-corrected chi connectivity index (χ3v) is 3.16. The van der Waals surface area contributed by atoms with Crippen LogP contribution in [0.3, 0.4) is 0 Å². The normalized spacial score (nSPS) is 10.2. The largest absolute Gasteiger partial charge is 0.493 e. The summed E-state index contributed by atoms with van der Waals surface area (Å²) in [6.07, 6.45) is 8.92. The quantitative estimate of drug-likeness (QED) is 0.480. The van der Waals surface area contributed by atoms with Gasteiger partial charge in [-0.3, -0.25) is 4.79 Å². The maximum atomic E-state index is 11.9. The summed E-state index contributed by atoms with van der Waals surface area (Å²) in [5.74, 6) is 3.54. The van der Waals surface area contributed by atoms with Gasteiger partial charge in [-0.2, -0.15) is 0 Å². The van der Waals surface area contributed by atoms with E-state index < -0.39 is 0 Å². The van der Waals surface area contributed by atoms with Crippen molar-refractivity contribution in [1.82, 2.24) is 0 Å². The van der Waals surface area contributed by atoms with E-state index in [2.05, 4.69) is 11.2 Å². The van der Waals surface area contributed by atoms with Gasteiger partial charge in [0.1, 0.15) is 0 Å². The molecule has 0 aliphatic carbocycles. The molecule has 2 rings (SSSR count). The lowest BCUT2D eigenvalue weighted by Crippen LogP contribution is -2.07. The van der Waals surface area contributed by atoms with Crippen LogP contribution in [0.4, 0.5) is 5.69 Å². The van der Waals surface area contributed by atoms with Gasteiger partial charge in [0.05, 0.1) is 13.7 Å². The van der Waals surface area contributed by atoms with E-state index in [4.69, 9.17) is 15.9 Å². The Morgan fingerprint density at radius 3 is 2.71 bits per heavy atom. The Kier molecular flexibility index (Phi) is 6.48. The van der Waals surface area contributed by atoms with Gasteiger partial charge in [0.15, 0.2) is 11.5 Å². The third kappa shape index (κ3) is 5.22. The lowest BCUT2D eigenvalue weighted by Gasteiger charge is -2.10. The molecule has 0 aliphatic rings. The van der Waals surface area contributed by atoms with Gasteiger partial charge in [-0.15, -0.1) is 12.3 Å². The summed E-state index contributed by atoms with van der Waals surface area (Å²) in [6, 6.07) is 14.7. The summed E-state index contributed by atoms with van der Waals surface area (Å²) in [5.41, 5.74) is 1.58. The Balaban J connectivity index is 2.04. The van der Waals surface area contributed by atoms with Gasteiger partial charge < -0.3 is 14.8 Å². The summed E-state index contributed by atoms with van der Waals surface area (Å²) in [7, 11) is 1.58. The molecular formula is C20H19NO3. The highest BCUT2D eigenvalue weighted by Gasteiger charge is 2.05. The number of carbonyl (C=O) groups is 1. The lowest BCUT2D eigenvalue weighted by atomic mass is 10.2. The van der Waals surface area contributed by atoms with E-state index in [1.165, 1.54) is 6.08 Å². The first-order valence-corrected chi connectivity index (χ1v) is 7.51. The zero-order valence-electron chi connectivity index (χ0n) is 13.5. The minimum atomic E-state index is -0.202. The predicted molar refractivity (Wildman–Crippen MR) is 96.0 cm³/mol. The highest BCUT2D eigenvalue weighted by Crippen LogP contribution is 2.28. The number of ether oxygens (including phenoxy) is 2. The zero-order chi connectivity index (χ0) is 17.2. The average Bonchev–Trinajstić information content (AvgIpc) is 2.61. The Labute approximate surface area is 142 Å². The Morgan fingerprint density at radius 1 is 1.21 bits per heavy atom. The Hall–Kier alpha value is -3.19. The molecule has 122 valence electrons. The first-order chi connectivity index (χ1) is 11.7. The molecule has 0 saturated heterocycles. The van der Waals surface area contributed by atoms with Gasteiger partial charge in [0.25, 0.3) is 0 Å². The summed E-state index contributed by atoms with van der Waals surface area (Å²) < 4.78 is 10.9. The van der Waals surface area contributed by atoms with E-state index in [-0.39, 0.29) is 5.91 Å². The van der Waals surface area contributed by atoms with Crippen molar-refractivity contribution in [2.75, 3.05) is 19.0 Å². The Bertz CT molecular complexity index is 745. The number of anilines is 1. The molecule has 0 bridgehead atoms. The second-order valence-corrected chi connectivity index (χ2v) is 4.90.